The highest BCUT2D eigenvalue weighted by Gasteiger charge is 2.26. The van der Waals surface area contributed by atoms with E-state index in [4.69, 9.17) is 0 Å². The molecule has 3 heterocycles. The van der Waals surface area contributed by atoms with Gasteiger partial charge in [0.2, 0.25) is 11.9 Å². The lowest BCUT2D eigenvalue weighted by Gasteiger charge is -2.35. The molecular weight excluding hydrogens is 252 g/mol. The Kier molecular flexibility index (Phi) is 3.59. The SMILES string of the molecule is CC1CC(C)CN(c2nccc(N3CCCC3=O)n2)C1. The van der Waals surface area contributed by atoms with E-state index in [9.17, 15) is 4.79 Å². The molecule has 2 atom stereocenters. The highest BCUT2D eigenvalue weighted by molar-refractivity contribution is 5.94. The van der Waals surface area contributed by atoms with Crippen molar-refractivity contribution in [2.45, 2.75) is 33.1 Å². The molecule has 0 radical (unpaired) electrons. The number of carbonyl (C=O) groups is 1. The Morgan fingerprint density at radius 2 is 2.00 bits per heavy atom. The average molecular weight is 274 g/mol. The summed E-state index contributed by atoms with van der Waals surface area (Å²) in [6, 6.07) is 1.84. The Morgan fingerprint density at radius 3 is 2.65 bits per heavy atom. The first-order valence-electron chi connectivity index (χ1n) is 7.52. The Bertz CT molecular complexity index is 494. The number of hydrogen-bond donors (Lipinski definition) is 0. The van der Waals surface area contributed by atoms with Crippen LogP contribution >= 0.6 is 0 Å². The van der Waals surface area contributed by atoms with Crippen LogP contribution in [0.1, 0.15) is 33.1 Å². The predicted molar refractivity (Wildman–Crippen MR) is 78.8 cm³/mol. The third-order valence-electron chi connectivity index (χ3n) is 4.13. The molecule has 5 heteroatoms. The lowest BCUT2D eigenvalue weighted by molar-refractivity contribution is -0.117. The van der Waals surface area contributed by atoms with Gasteiger partial charge in [-0.2, -0.15) is 4.98 Å². The fourth-order valence-corrected chi connectivity index (χ4v) is 3.36. The molecule has 3 rings (SSSR count). The van der Waals surface area contributed by atoms with E-state index in [1.165, 1.54) is 6.42 Å². The Hall–Kier alpha value is -1.65. The summed E-state index contributed by atoms with van der Waals surface area (Å²) in [6.45, 7) is 7.33. The summed E-state index contributed by atoms with van der Waals surface area (Å²) in [5, 5.41) is 0. The van der Waals surface area contributed by atoms with Crippen molar-refractivity contribution in [1.82, 2.24) is 9.97 Å². The summed E-state index contributed by atoms with van der Waals surface area (Å²) in [7, 11) is 0. The lowest BCUT2D eigenvalue weighted by Crippen LogP contribution is -2.40. The van der Waals surface area contributed by atoms with Crippen molar-refractivity contribution in [3.8, 4) is 0 Å². The van der Waals surface area contributed by atoms with E-state index in [1.807, 2.05) is 6.07 Å². The Morgan fingerprint density at radius 1 is 1.25 bits per heavy atom. The summed E-state index contributed by atoms with van der Waals surface area (Å²) in [5.41, 5.74) is 0. The van der Waals surface area contributed by atoms with Crippen LogP contribution in [0.3, 0.4) is 0 Å². The zero-order valence-electron chi connectivity index (χ0n) is 12.2. The van der Waals surface area contributed by atoms with E-state index < -0.39 is 0 Å². The number of aromatic nitrogens is 2. The molecule has 0 saturated carbocycles. The molecule has 0 bridgehead atoms. The maximum Gasteiger partial charge on any atom is 0.228 e. The first-order valence-corrected chi connectivity index (χ1v) is 7.52. The monoisotopic (exact) mass is 274 g/mol. The third-order valence-corrected chi connectivity index (χ3v) is 4.13. The van der Waals surface area contributed by atoms with E-state index in [1.54, 1.807) is 11.1 Å². The van der Waals surface area contributed by atoms with Gasteiger partial charge in [-0.05, 0) is 30.7 Å². The Labute approximate surface area is 120 Å². The molecule has 1 amide bonds. The summed E-state index contributed by atoms with van der Waals surface area (Å²) in [4.78, 5) is 24.9. The second-order valence-electron chi connectivity index (χ2n) is 6.21. The van der Waals surface area contributed by atoms with E-state index in [2.05, 4.69) is 28.7 Å². The molecule has 2 aliphatic heterocycles. The second kappa shape index (κ2) is 5.38. The van der Waals surface area contributed by atoms with E-state index in [0.29, 0.717) is 18.3 Å². The Balaban J connectivity index is 1.82. The van der Waals surface area contributed by atoms with Crippen molar-refractivity contribution >= 4 is 17.7 Å². The van der Waals surface area contributed by atoms with Crippen LogP contribution in [-0.2, 0) is 4.79 Å². The maximum absolute atomic E-state index is 11.8. The number of piperidine rings is 1. The van der Waals surface area contributed by atoms with Crippen LogP contribution in [0, 0.1) is 11.8 Å². The van der Waals surface area contributed by atoms with Crippen LogP contribution in [-0.4, -0.2) is 35.5 Å². The predicted octanol–water partition coefficient (Wildman–Crippen LogP) is 2.09. The highest BCUT2D eigenvalue weighted by atomic mass is 16.2. The molecule has 2 fully saturated rings. The molecule has 0 aromatic carbocycles. The van der Waals surface area contributed by atoms with E-state index in [0.717, 1.165) is 37.8 Å². The lowest BCUT2D eigenvalue weighted by atomic mass is 9.92. The van der Waals surface area contributed by atoms with Crippen molar-refractivity contribution in [2.24, 2.45) is 11.8 Å². The zero-order valence-corrected chi connectivity index (χ0v) is 12.2. The highest BCUT2D eigenvalue weighted by Crippen LogP contribution is 2.26. The average Bonchev–Trinajstić information content (AvgIpc) is 2.84. The standard InChI is InChI=1S/C15H22N4O/c1-11-8-12(2)10-18(9-11)15-16-6-5-13(17-15)19-7-3-4-14(19)20/h5-6,11-12H,3-4,7-10H2,1-2H3. The molecule has 0 spiro atoms. The van der Waals surface area contributed by atoms with Gasteiger partial charge in [0.05, 0.1) is 0 Å². The van der Waals surface area contributed by atoms with Crippen LogP contribution in [0.25, 0.3) is 0 Å². The maximum atomic E-state index is 11.8. The molecule has 0 aliphatic carbocycles. The molecule has 2 unspecified atom stereocenters. The van der Waals surface area contributed by atoms with Crippen molar-refractivity contribution in [3.05, 3.63) is 12.3 Å². The quantitative estimate of drug-likeness (QED) is 0.828. The fraction of sp³-hybridized carbons (Fsp3) is 0.667. The molecule has 5 nitrogen and oxygen atoms in total. The summed E-state index contributed by atoms with van der Waals surface area (Å²) in [6.07, 6.45) is 4.60. The van der Waals surface area contributed by atoms with Gasteiger partial charge in [0.15, 0.2) is 0 Å². The molecule has 1 aromatic heterocycles. The number of amides is 1. The van der Waals surface area contributed by atoms with E-state index >= 15 is 0 Å². The molecule has 20 heavy (non-hydrogen) atoms. The van der Waals surface area contributed by atoms with Crippen LogP contribution in [0.4, 0.5) is 11.8 Å². The van der Waals surface area contributed by atoms with Gasteiger partial charge in [-0.25, -0.2) is 4.98 Å². The molecule has 1 aromatic rings. The molecule has 2 aliphatic rings. The van der Waals surface area contributed by atoms with Gasteiger partial charge in [0.25, 0.3) is 0 Å². The minimum Gasteiger partial charge on any atom is -0.340 e. The summed E-state index contributed by atoms with van der Waals surface area (Å²) in [5.74, 6) is 3.03. The van der Waals surface area contributed by atoms with Crippen LogP contribution in [0.15, 0.2) is 12.3 Å². The molecular formula is C15H22N4O. The van der Waals surface area contributed by atoms with Crippen molar-refractivity contribution < 1.29 is 4.79 Å². The molecule has 2 saturated heterocycles. The first-order chi connectivity index (χ1) is 9.63. The van der Waals surface area contributed by atoms with Gasteiger partial charge >= 0.3 is 0 Å². The van der Waals surface area contributed by atoms with Crippen LogP contribution in [0.5, 0.6) is 0 Å². The van der Waals surface area contributed by atoms with Gasteiger partial charge in [0, 0.05) is 32.3 Å². The molecule has 108 valence electrons. The summed E-state index contributed by atoms with van der Waals surface area (Å²) >= 11 is 0. The minimum absolute atomic E-state index is 0.176. The van der Waals surface area contributed by atoms with Gasteiger partial charge in [-0.15, -0.1) is 0 Å². The minimum atomic E-state index is 0.176. The largest absolute Gasteiger partial charge is 0.340 e. The number of carbonyl (C=O) groups excluding carboxylic acids is 1. The number of nitrogens with zero attached hydrogens (tertiary/aromatic N) is 4. The first kappa shape index (κ1) is 13.3. The summed E-state index contributed by atoms with van der Waals surface area (Å²) < 4.78 is 0. The molecule has 0 N–H and O–H groups in total. The van der Waals surface area contributed by atoms with Gasteiger partial charge in [0.1, 0.15) is 5.82 Å². The van der Waals surface area contributed by atoms with Gasteiger partial charge in [-0.3, -0.25) is 9.69 Å². The number of hydrogen-bond acceptors (Lipinski definition) is 4. The van der Waals surface area contributed by atoms with E-state index in [-0.39, 0.29) is 5.91 Å². The van der Waals surface area contributed by atoms with Gasteiger partial charge in [-0.1, -0.05) is 13.8 Å². The number of anilines is 2. The van der Waals surface area contributed by atoms with Gasteiger partial charge < -0.3 is 4.90 Å². The van der Waals surface area contributed by atoms with Crippen molar-refractivity contribution in [1.29, 1.82) is 0 Å². The van der Waals surface area contributed by atoms with Crippen LogP contribution in [0.2, 0.25) is 0 Å². The normalized spacial score (nSPS) is 27.2. The third kappa shape index (κ3) is 2.62. The van der Waals surface area contributed by atoms with Crippen molar-refractivity contribution in [2.75, 3.05) is 29.4 Å². The second-order valence-corrected chi connectivity index (χ2v) is 6.21. The topological polar surface area (TPSA) is 49.3 Å². The smallest absolute Gasteiger partial charge is 0.228 e. The fourth-order valence-electron chi connectivity index (χ4n) is 3.36. The zero-order chi connectivity index (χ0) is 14.1. The number of rotatable bonds is 2. The van der Waals surface area contributed by atoms with Crippen LogP contribution < -0.4 is 9.80 Å². The van der Waals surface area contributed by atoms with Crippen molar-refractivity contribution in [3.63, 3.8) is 0 Å².